The fourth-order valence-corrected chi connectivity index (χ4v) is 4.38. The first kappa shape index (κ1) is 26.4. The zero-order valence-corrected chi connectivity index (χ0v) is 20.9. The van der Waals surface area contributed by atoms with Crippen LogP contribution in [0.15, 0.2) is 36.0 Å². The van der Waals surface area contributed by atoms with E-state index < -0.39 is 12.2 Å². The summed E-state index contributed by atoms with van der Waals surface area (Å²) in [5.41, 5.74) is 1.28. The van der Waals surface area contributed by atoms with Gasteiger partial charge in [0.15, 0.2) is 6.29 Å². The molecule has 3 N–H and O–H groups in total. The molecule has 3 aliphatic heterocycles. The molecule has 0 saturated carbocycles. The lowest BCUT2D eigenvalue weighted by atomic mass is 9.85. The summed E-state index contributed by atoms with van der Waals surface area (Å²) in [6, 6.07) is -0.233. The zero-order chi connectivity index (χ0) is 24.8. The van der Waals surface area contributed by atoms with E-state index in [1.54, 1.807) is 6.92 Å². The van der Waals surface area contributed by atoms with Gasteiger partial charge in [-0.2, -0.15) is 0 Å². The molecule has 3 fully saturated rings. The van der Waals surface area contributed by atoms with Crippen molar-refractivity contribution in [2.75, 3.05) is 26.8 Å². The minimum atomic E-state index is -0.548. The number of hydrogen-bond acceptors (Lipinski definition) is 7. The third-order valence-corrected chi connectivity index (χ3v) is 6.04. The lowest BCUT2D eigenvalue weighted by molar-refractivity contribution is -0.187. The predicted molar refractivity (Wildman–Crippen MR) is 128 cm³/mol. The fraction of sp³-hybridized carbons (Fsp3) is 0.680. The second kappa shape index (κ2) is 11.5. The van der Waals surface area contributed by atoms with E-state index in [1.807, 2.05) is 0 Å². The molecule has 0 aromatic rings. The van der Waals surface area contributed by atoms with Gasteiger partial charge in [-0.1, -0.05) is 23.8 Å². The van der Waals surface area contributed by atoms with Gasteiger partial charge in [0, 0.05) is 31.6 Å². The van der Waals surface area contributed by atoms with Gasteiger partial charge in [-0.05, 0) is 46.6 Å². The van der Waals surface area contributed by atoms with Crippen LogP contribution in [0.2, 0.25) is 0 Å². The molecule has 9 heteroatoms. The zero-order valence-electron chi connectivity index (χ0n) is 20.9. The van der Waals surface area contributed by atoms with Crippen LogP contribution in [-0.2, 0) is 23.7 Å². The molecule has 3 rings (SSSR count). The number of alkyl carbamates (subject to hydrolysis) is 1. The molecule has 2 amide bonds. The highest BCUT2D eigenvalue weighted by Crippen LogP contribution is 2.41. The molecule has 9 nitrogen and oxygen atoms in total. The maximum atomic E-state index is 12.1. The summed E-state index contributed by atoms with van der Waals surface area (Å²) < 4.78 is 22.7. The van der Waals surface area contributed by atoms with E-state index in [1.165, 1.54) is 19.2 Å². The van der Waals surface area contributed by atoms with Crippen LogP contribution in [-0.4, -0.2) is 74.5 Å². The first-order chi connectivity index (χ1) is 16.1. The first-order valence-corrected chi connectivity index (χ1v) is 12.0. The molecular formula is C25H39N3O6. The van der Waals surface area contributed by atoms with Crippen molar-refractivity contribution in [3.63, 3.8) is 0 Å². The second-order valence-electron chi connectivity index (χ2n) is 10.00. The van der Waals surface area contributed by atoms with Crippen molar-refractivity contribution in [2.45, 2.75) is 82.6 Å². The number of carbonyl (C=O) groups excluding carboxylic acids is 2. The lowest BCUT2D eigenvalue weighted by Gasteiger charge is -2.39. The SMILES string of the molecule is CNC(=O)O[C@@H](C)/C=C\C(=O)NC1COC(C/C=C(C)/C=C/[C@@H]2C[C@]3(CN3)CC(C)(C)O2)OC1. The van der Waals surface area contributed by atoms with Crippen molar-refractivity contribution in [2.24, 2.45) is 0 Å². The number of allylic oxidation sites excluding steroid dienone is 2. The summed E-state index contributed by atoms with van der Waals surface area (Å²) >= 11 is 0. The van der Waals surface area contributed by atoms with Crippen molar-refractivity contribution < 1.29 is 28.5 Å². The Labute approximate surface area is 202 Å². The molecule has 3 aliphatic rings. The average Bonchev–Trinajstić information content (AvgIpc) is 3.51. The van der Waals surface area contributed by atoms with E-state index in [2.05, 4.69) is 54.9 Å². The van der Waals surface area contributed by atoms with Gasteiger partial charge >= 0.3 is 6.09 Å². The van der Waals surface area contributed by atoms with E-state index in [4.69, 9.17) is 18.9 Å². The Kier molecular flexibility index (Phi) is 8.92. The number of rotatable bonds is 8. The number of amides is 2. The van der Waals surface area contributed by atoms with Gasteiger partial charge < -0.3 is 34.9 Å². The molecule has 3 atom stereocenters. The van der Waals surface area contributed by atoms with Gasteiger partial charge in [0.05, 0.1) is 31.0 Å². The normalized spacial score (nSPS) is 32.0. The van der Waals surface area contributed by atoms with E-state index >= 15 is 0 Å². The van der Waals surface area contributed by atoms with Gasteiger partial charge in [0.25, 0.3) is 0 Å². The molecule has 0 aromatic carbocycles. The minimum absolute atomic E-state index is 0.112. The Morgan fingerprint density at radius 3 is 2.59 bits per heavy atom. The Hall–Kier alpha value is -2.20. The van der Waals surface area contributed by atoms with Crippen LogP contribution < -0.4 is 16.0 Å². The van der Waals surface area contributed by atoms with Crippen molar-refractivity contribution in [3.05, 3.63) is 36.0 Å². The van der Waals surface area contributed by atoms with Crippen LogP contribution in [0, 0.1) is 0 Å². The Bertz CT molecular complexity index is 803. The molecule has 190 valence electrons. The molecular weight excluding hydrogens is 438 g/mol. The molecule has 0 radical (unpaired) electrons. The maximum absolute atomic E-state index is 12.1. The van der Waals surface area contributed by atoms with Crippen molar-refractivity contribution in [3.8, 4) is 0 Å². The van der Waals surface area contributed by atoms with Gasteiger partial charge in [-0.3, -0.25) is 4.79 Å². The summed E-state index contributed by atoms with van der Waals surface area (Å²) in [5, 5.41) is 8.70. The maximum Gasteiger partial charge on any atom is 0.407 e. The van der Waals surface area contributed by atoms with Crippen LogP contribution in [0.3, 0.4) is 0 Å². The first-order valence-electron chi connectivity index (χ1n) is 12.0. The molecule has 3 heterocycles. The molecule has 34 heavy (non-hydrogen) atoms. The molecule has 0 bridgehead atoms. The summed E-state index contributed by atoms with van der Waals surface area (Å²) in [5.74, 6) is -0.292. The third-order valence-electron chi connectivity index (χ3n) is 6.04. The van der Waals surface area contributed by atoms with Crippen LogP contribution in [0.4, 0.5) is 4.79 Å². The summed E-state index contributed by atoms with van der Waals surface area (Å²) in [6.45, 7) is 9.87. The minimum Gasteiger partial charge on any atom is -0.442 e. The van der Waals surface area contributed by atoms with Crippen LogP contribution in [0.1, 0.15) is 47.0 Å². The number of carbonyl (C=O) groups is 2. The van der Waals surface area contributed by atoms with E-state index in [9.17, 15) is 9.59 Å². The van der Waals surface area contributed by atoms with Gasteiger partial charge in [0.2, 0.25) is 5.91 Å². The predicted octanol–water partition coefficient (Wildman–Crippen LogP) is 2.34. The standard InChI is InChI=1S/C25H39N3O6/c1-17(6-9-20-12-25(16-27-25)15-24(3,4)34-20)7-11-22-31-13-19(14-32-22)28-21(29)10-8-18(2)33-23(30)26-5/h6-10,18-20,22,27H,11-16H2,1-5H3,(H,26,30)(H,28,29)/b9-6+,10-8-,17-7+/t18-,19?,20+,22?,25+/m0/s1. The quantitative estimate of drug-likeness (QED) is 0.279. The summed E-state index contributed by atoms with van der Waals surface area (Å²) in [6.07, 6.45) is 10.6. The van der Waals surface area contributed by atoms with E-state index in [-0.39, 0.29) is 35.5 Å². The highest BCUT2D eigenvalue weighted by molar-refractivity contribution is 5.87. The molecule has 0 aliphatic carbocycles. The lowest BCUT2D eigenvalue weighted by Crippen LogP contribution is -2.46. The van der Waals surface area contributed by atoms with E-state index in [0.29, 0.717) is 19.6 Å². The van der Waals surface area contributed by atoms with Crippen molar-refractivity contribution in [1.82, 2.24) is 16.0 Å². The smallest absolute Gasteiger partial charge is 0.407 e. The monoisotopic (exact) mass is 477 g/mol. The number of nitrogens with one attached hydrogen (secondary N) is 3. The Morgan fingerprint density at radius 1 is 1.24 bits per heavy atom. The number of ether oxygens (including phenoxy) is 4. The highest BCUT2D eigenvalue weighted by atomic mass is 16.7. The van der Waals surface area contributed by atoms with Gasteiger partial charge in [-0.15, -0.1) is 0 Å². The Morgan fingerprint density at radius 2 is 1.94 bits per heavy atom. The van der Waals surface area contributed by atoms with Crippen molar-refractivity contribution >= 4 is 12.0 Å². The average molecular weight is 478 g/mol. The van der Waals surface area contributed by atoms with Crippen molar-refractivity contribution in [1.29, 1.82) is 0 Å². The summed E-state index contributed by atoms with van der Waals surface area (Å²) in [7, 11) is 1.48. The summed E-state index contributed by atoms with van der Waals surface area (Å²) in [4.78, 5) is 23.2. The molecule has 1 spiro atoms. The van der Waals surface area contributed by atoms with Crippen LogP contribution >= 0.6 is 0 Å². The molecule has 3 saturated heterocycles. The molecule has 0 aromatic heterocycles. The largest absolute Gasteiger partial charge is 0.442 e. The number of hydrogen-bond donors (Lipinski definition) is 3. The van der Waals surface area contributed by atoms with E-state index in [0.717, 1.165) is 25.0 Å². The van der Waals surface area contributed by atoms with Crippen LogP contribution in [0.5, 0.6) is 0 Å². The molecule has 0 unspecified atom stereocenters. The fourth-order valence-electron chi connectivity index (χ4n) is 4.38. The van der Waals surface area contributed by atoms with Gasteiger partial charge in [-0.25, -0.2) is 4.79 Å². The highest BCUT2D eigenvalue weighted by Gasteiger charge is 2.51. The Balaban J connectivity index is 1.35. The topological polar surface area (TPSA) is 117 Å². The second-order valence-corrected chi connectivity index (χ2v) is 10.00. The van der Waals surface area contributed by atoms with Gasteiger partial charge in [0.1, 0.15) is 6.10 Å². The third kappa shape index (κ3) is 8.54. The van der Waals surface area contributed by atoms with Crippen LogP contribution in [0.25, 0.3) is 0 Å².